The quantitative estimate of drug-likeness (QED) is 0.837. The Morgan fingerprint density at radius 2 is 2.16 bits per heavy atom. The van der Waals surface area contributed by atoms with Gasteiger partial charge in [0.15, 0.2) is 5.12 Å². The third kappa shape index (κ3) is 4.81. The van der Waals surface area contributed by atoms with Crippen molar-refractivity contribution < 1.29 is 24.1 Å². The van der Waals surface area contributed by atoms with Crippen LogP contribution < -0.4 is 4.74 Å². The van der Waals surface area contributed by atoms with E-state index in [-0.39, 0.29) is 16.4 Å². The molecule has 4 nitrogen and oxygen atoms in total. The number of rotatable bonds is 6. The molecule has 19 heavy (non-hydrogen) atoms. The van der Waals surface area contributed by atoms with Gasteiger partial charge in [0.2, 0.25) is 0 Å². The molecule has 1 aromatic rings. The second-order valence-corrected chi connectivity index (χ2v) is 5.13. The Hall–Kier alpha value is -1.11. The predicted octanol–water partition coefficient (Wildman–Crippen LogP) is 1.90. The van der Waals surface area contributed by atoms with Crippen LogP contribution in [0.15, 0.2) is 18.2 Å². The number of benzene rings is 1. The Morgan fingerprint density at radius 1 is 1.47 bits per heavy atom. The number of hydrogen-bond donors (Lipinski definition) is 2. The first-order valence-corrected chi connectivity index (χ1v) is 6.86. The summed E-state index contributed by atoms with van der Waals surface area (Å²) in [5, 5.41) is 19.4. The van der Waals surface area contributed by atoms with Gasteiger partial charge in [0.05, 0.1) is 12.7 Å². The number of hydrogen-bond acceptors (Lipinski definition) is 5. The predicted molar refractivity (Wildman–Crippen MR) is 71.7 cm³/mol. The minimum atomic E-state index is -1.37. The number of aliphatic hydroxyl groups is 2. The smallest absolute Gasteiger partial charge is 0.185 e. The maximum absolute atomic E-state index is 13.8. The van der Waals surface area contributed by atoms with Crippen molar-refractivity contribution in [3.8, 4) is 5.75 Å². The molecule has 0 heterocycles. The van der Waals surface area contributed by atoms with Gasteiger partial charge in [-0.1, -0.05) is 11.8 Å². The van der Waals surface area contributed by atoms with E-state index in [0.29, 0.717) is 12.4 Å². The highest BCUT2D eigenvalue weighted by atomic mass is 32.2. The summed E-state index contributed by atoms with van der Waals surface area (Å²) in [7, 11) is 0. The lowest BCUT2D eigenvalue weighted by molar-refractivity contribution is -0.109. The van der Waals surface area contributed by atoms with Crippen molar-refractivity contribution in [2.45, 2.75) is 26.1 Å². The minimum Gasteiger partial charge on any atom is -0.494 e. The fourth-order valence-corrected chi connectivity index (χ4v) is 2.09. The van der Waals surface area contributed by atoms with Gasteiger partial charge in [-0.05, 0) is 19.1 Å². The van der Waals surface area contributed by atoms with Crippen LogP contribution in [0.3, 0.4) is 0 Å². The van der Waals surface area contributed by atoms with Crippen molar-refractivity contribution in [3.05, 3.63) is 29.6 Å². The zero-order valence-corrected chi connectivity index (χ0v) is 11.6. The summed E-state index contributed by atoms with van der Waals surface area (Å²) in [4.78, 5) is 10.8. The Morgan fingerprint density at radius 3 is 2.68 bits per heavy atom. The number of thioether (sulfide) groups is 1. The summed E-state index contributed by atoms with van der Waals surface area (Å²) in [6.45, 7) is 3.56. The van der Waals surface area contributed by atoms with Gasteiger partial charge in [-0.25, -0.2) is 4.39 Å². The van der Waals surface area contributed by atoms with Crippen LogP contribution in [0.2, 0.25) is 0 Å². The van der Waals surface area contributed by atoms with Gasteiger partial charge in [-0.3, -0.25) is 4.79 Å². The molecule has 0 radical (unpaired) electrons. The molecule has 0 saturated carbocycles. The summed E-state index contributed by atoms with van der Waals surface area (Å²) >= 11 is 0.883. The van der Waals surface area contributed by atoms with Gasteiger partial charge in [-0.15, -0.1) is 0 Å². The van der Waals surface area contributed by atoms with Crippen molar-refractivity contribution in [1.29, 1.82) is 0 Å². The van der Waals surface area contributed by atoms with Crippen LogP contribution in [-0.2, 0) is 4.79 Å². The Balaban J connectivity index is 2.75. The maximum Gasteiger partial charge on any atom is 0.185 e. The lowest BCUT2D eigenvalue weighted by Gasteiger charge is -2.18. The minimum absolute atomic E-state index is 0.0138. The van der Waals surface area contributed by atoms with Crippen molar-refractivity contribution in [3.63, 3.8) is 0 Å². The number of ether oxygens (including phenoxy) is 1. The molecule has 0 amide bonds. The molecule has 0 aromatic heterocycles. The fourth-order valence-electron chi connectivity index (χ4n) is 1.51. The second kappa shape index (κ2) is 7.47. The van der Waals surface area contributed by atoms with Gasteiger partial charge < -0.3 is 14.9 Å². The van der Waals surface area contributed by atoms with E-state index in [1.807, 2.05) is 0 Å². The molecule has 2 unspecified atom stereocenters. The number of aliphatic hydroxyl groups excluding tert-OH is 2. The van der Waals surface area contributed by atoms with Crippen LogP contribution >= 0.6 is 11.8 Å². The third-order valence-corrected chi connectivity index (χ3v) is 3.34. The molecule has 6 heteroatoms. The highest BCUT2D eigenvalue weighted by molar-refractivity contribution is 8.13. The first-order chi connectivity index (χ1) is 8.95. The van der Waals surface area contributed by atoms with Gasteiger partial charge >= 0.3 is 0 Å². The van der Waals surface area contributed by atoms with E-state index >= 15 is 0 Å². The van der Waals surface area contributed by atoms with Crippen molar-refractivity contribution in [2.24, 2.45) is 0 Å². The van der Waals surface area contributed by atoms with Crippen LogP contribution in [0.5, 0.6) is 5.75 Å². The zero-order chi connectivity index (χ0) is 14.4. The Bertz CT molecular complexity index is 439. The van der Waals surface area contributed by atoms with Crippen LogP contribution in [0.25, 0.3) is 0 Å². The van der Waals surface area contributed by atoms with E-state index in [1.54, 1.807) is 6.92 Å². The monoisotopic (exact) mass is 288 g/mol. The number of carbonyl (C=O) groups is 1. The first kappa shape index (κ1) is 15.9. The lowest BCUT2D eigenvalue weighted by atomic mass is 10.0. The van der Waals surface area contributed by atoms with E-state index in [4.69, 9.17) is 4.74 Å². The summed E-state index contributed by atoms with van der Waals surface area (Å²) < 4.78 is 18.9. The van der Waals surface area contributed by atoms with E-state index in [9.17, 15) is 19.4 Å². The van der Waals surface area contributed by atoms with Crippen molar-refractivity contribution in [2.75, 3.05) is 12.4 Å². The Kier molecular flexibility index (Phi) is 6.27. The highest BCUT2D eigenvalue weighted by Crippen LogP contribution is 2.25. The topological polar surface area (TPSA) is 66.8 Å². The van der Waals surface area contributed by atoms with Crippen molar-refractivity contribution in [1.82, 2.24) is 0 Å². The molecule has 0 aliphatic heterocycles. The second-order valence-electron chi connectivity index (χ2n) is 3.93. The summed E-state index contributed by atoms with van der Waals surface area (Å²) in [5.74, 6) is -0.266. The SMILES string of the molecule is CCOc1ccc(C(O)C(O)CSC(C)=O)c(F)c1. The fraction of sp³-hybridized carbons (Fsp3) is 0.462. The highest BCUT2D eigenvalue weighted by Gasteiger charge is 2.22. The average molecular weight is 288 g/mol. The van der Waals surface area contributed by atoms with Gasteiger partial charge in [0.25, 0.3) is 0 Å². The van der Waals surface area contributed by atoms with E-state index in [0.717, 1.165) is 17.8 Å². The van der Waals surface area contributed by atoms with Gasteiger partial charge in [0.1, 0.15) is 17.7 Å². The average Bonchev–Trinajstić information content (AvgIpc) is 2.35. The van der Waals surface area contributed by atoms with Gasteiger partial charge in [0, 0.05) is 24.3 Å². The van der Waals surface area contributed by atoms with Crippen molar-refractivity contribution >= 4 is 16.9 Å². The van der Waals surface area contributed by atoms with Crippen LogP contribution in [0.1, 0.15) is 25.5 Å². The third-order valence-electron chi connectivity index (χ3n) is 2.42. The lowest BCUT2D eigenvalue weighted by Crippen LogP contribution is -2.22. The number of carbonyl (C=O) groups excluding carboxylic acids is 1. The molecule has 106 valence electrons. The summed E-state index contributed by atoms with van der Waals surface area (Å²) in [5.41, 5.74) is -0.0138. The first-order valence-electron chi connectivity index (χ1n) is 5.87. The molecule has 0 spiro atoms. The standard InChI is InChI=1S/C13H17FO4S/c1-3-18-9-4-5-10(11(14)6-9)13(17)12(16)7-19-8(2)15/h4-6,12-13,16-17H,3,7H2,1-2H3. The Labute approximate surface area is 115 Å². The van der Waals surface area contributed by atoms with E-state index in [2.05, 4.69) is 0 Å². The molecule has 0 aliphatic carbocycles. The normalized spacial score (nSPS) is 13.9. The molecule has 1 rings (SSSR count). The molecule has 2 N–H and O–H groups in total. The van der Waals surface area contributed by atoms with Crippen LogP contribution in [-0.4, -0.2) is 33.8 Å². The molecule has 2 atom stereocenters. The summed E-state index contributed by atoms with van der Waals surface area (Å²) in [6, 6.07) is 4.05. The maximum atomic E-state index is 13.8. The molecular formula is C13H17FO4S. The van der Waals surface area contributed by atoms with Crippen LogP contribution in [0, 0.1) is 5.82 Å². The zero-order valence-electron chi connectivity index (χ0n) is 10.8. The molecule has 0 bridgehead atoms. The van der Waals surface area contributed by atoms with E-state index < -0.39 is 18.0 Å². The van der Waals surface area contributed by atoms with E-state index in [1.165, 1.54) is 19.1 Å². The number of halogens is 1. The van der Waals surface area contributed by atoms with Gasteiger partial charge in [-0.2, -0.15) is 0 Å². The summed E-state index contributed by atoms with van der Waals surface area (Å²) in [6.07, 6.45) is -2.58. The largest absolute Gasteiger partial charge is 0.494 e. The van der Waals surface area contributed by atoms with Crippen LogP contribution in [0.4, 0.5) is 4.39 Å². The molecule has 0 fully saturated rings. The molecule has 0 saturated heterocycles. The molecule has 1 aromatic carbocycles. The molecular weight excluding hydrogens is 271 g/mol. The molecule has 0 aliphatic rings.